The zero-order valence-corrected chi connectivity index (χ0v) is 19.0. The molecule has 0 bridgehead atoms. The first-order valence-corrected chi connectivity index (χ1v) is 23.8. The molecule has 0 rings (SSSR count). The van der Waals surface area contributed by atoms with E-state index in [1.165, 1.54) is 0 Å². The van der Waals surface area contributed by atoms with Crippen LogP contribution in [0, 0.1) is 0 Å². The maximum atomic E-state index is 2.59. The predicted molar refractivity (Wildman–Crippen MR) is 90.2 cm³/mol. The van der Waals surface area contributed by atoms with Gasteiger partial charge in [0.15, 0.2) is 0 Å². The van der Waals surface area contributed by atoms with Crippen LogP contribution in [0.1, 0.15) is 0 Å². The molecule has 0 nitrogen and oxygen atoms in total. The first-order valence-electron chi connectivity index (χ1n) is 6.62. The van der Waals surface area contributed by atoms with E-state index < -0.39 is 44.0 Å². The number of rotatable bonds is 6. The van der Waals surface area contributed by atoms with Gasteiger partial charge in [0.2, 0.25) is 0 Å². The van der Waals surface area contributed by atoms with E-state index in [1.54, 1.807) is 12.2 Å². The zero-order valence-electron chi connectivity index (χ0n) is 13.1. The van der Waals surface area contributed by atoms with Gasteiger partial charge in [-0.2, -0.15) is 0 Å². The predicted octanol–water partition coefficient (Wildman–Crippen LogP) is 5.11. The van der Waals surface area contributed by atoms with E-state index in [4.69, 9.17) is 0 Å². The Morgan fingerprint density at radius 2 is 0.688 bits per heavy atom. The fourth-order valence-corrected chi connectivity index (χ4v) is 56.6. The molecule has 0 amide bonds. The summed E-state index contributed by atoms with van der Waals surface area (Å²) in [5, 5.41) is 0. The molecule has 0 saturated carbocycles. The summed E-state index contributed by atoms with van der Waals surface area (Å²) in [7, 11) is -2.36. The molecule has 0 aromatic carbocycles. The number of hydrogen-bond acceptors (Lipinski definition) is 0. The molecule has 0 aromatic heterocycles. The quantitative estimate of drug-likeness (QED) is 0.562. The van der Waals surface area contributed by atoms with Gasteiger partial charge in [0, 0.05) is 0 Å². The van der Waals surface area contributed by atoms with Crippen molar-refractivity contribution >= 4 is 44.0 Å². The van der Waals surface area contributed by atoms with Crippen molar-refractivity contribution in [3.8, 4) is 0 Å². The van der Waals surface area contributed by atoms with Crippen LogP contribution >= 0.6 is 0 Å². The SMILES string of the molecule is C[Si](C)(C)[CH2][Sn]([CH2][Si](C)(C)C)[CH2][Si](C)(C)C. The van der Waals surface area contributed by atoms with Gasteiger partial charge in [-0.3, -0.25) is 0 Å². The summed E-state index contributed by atoms with van der Waals surface area (Å²) in [5.74, 6) is 0. The van der Waals surface area contributed by atoms with E-state index in [0.29, 0.717) is 0 Å². The third-order valence-corrected chi connectivity index (χ3v) is 47.1. The van der Waals surface area contributed by atoms with Gasteiger partial charge in [0.1, 0.15) is 0 Å². The second kappa shape index (κ2) is 6.06. The maximum absolute atomic E-state index is 2.59. The van der Waals surface area contributed by atoms with Crippen molar-refractivity contribution in [3.63, 3.8) is 0 Å². The monoisotopic (exact) mass is 381 g/mol. The Bertz CT molecular complexity index is 170. The van der Waals surface area contributed by atoms with Crippen LogP contribution in [0.3, 0.4) is 0 Å². The van der Waals surface area contributed by atoms with Crippen LogP contribution in [-0.4, -0.2) is 44.0 Å². The molecule has 0 aromatic rings. The van der Waals surface area contributed by atoms with Crippen LogP contribution < -0.4 is 0 Å². The minimum atomic E-state index is -1.04. The third kappa shape index (κ3) is 11.9. The Labute approximate surface area is 114 Å². The molecule has 0 N–H and O–H groups in total. The van der Waals surface area contributed by atoms with Crippen molar-refractivity contribution in [1.29, 1.82) is 0 Å². The average molecular weight is 380 g/mol. The van der Waals surface area contributed by atoms with Gasteiger partial charge in [0.05, 0.1) is 0 Å². The van der Waals surface area contributed by atoms with E-state index in [9.17, 15) is 0 Å². The molecule has 0 aliphatic heterocycles. The topological polar surface area (TPSA) is 0 Å². The molecule has 0 saturated heterocycles. The standard InChI is InChI=1S/3C4H11Si.Sn/c3*1-5(2,3)4;/h3*1H2,2-4H3;. The van der Waals surface area contributed by atoms with Gasteiger partial charge in [-0.25, -0.2) is 0 Å². The second-order valence-electron chi connectivity index (χ2n) is 8.96. The molecule has 0 fully saturated rings. The fourth-order valence-electron chi connectivity index (χ4n) is 2.44. The minimum absolute atomic E-state index is 0.788. The van der Waals surface area contributed by atoms with Crippen molar-refractivity contribution < 1.29 is 0 Å². The molecule has 0 unspecified atom stereocenters. The van der Waals surface area contributed by atoms with Crippen LogP contribution in [0.15, 0.2) is 0 Å². The van der Waals surface area contributed by atoms with Crippen molar-refractivity contribution in [3.05, 3.63) is 0 Å². The van der Waals surface area contributed by atoms with E-state index >= 15 is 0 Å². The average Bonchev–Trinajstić information content (AvgIpc) is 1.70. The first-order chi connectivity index (χ1) is 6.79. The van der Waals surface area contributed by atoms with E-state index in [-0.39, 0.29) is 0 Å². The van der Waals surface area contributed by atoms with E-state index in [1.807, 2.05) is 0 Å². The van der Waals surface area contributed by atoms with Crippen molar-refractivity contribution in [1.82, 2.24) is 0 Å². The molecule has 0 spiro atoms. The molecule has 0 heterocycles. The fraction of sp³-hybridized carbons (Fsp3) is 1.00. The van der Waals surface area contributed by atoms with Crippen LogP contribution in [0.2, 0.25) is 71.1 Å². The molecular weight excluding hydrogens is 347 g/mol. The molecule has 97 valence electrons. The van der Waals surface area contributed by atoms with Gasteiger partial charge in [-0.05, 0) is 0 Å². The normalized spacial score (nSPS) is 14.6. The van der Waals surface area contributed by atoms with Crippen LogP contribution in [-0.2, 0) is 0 Å². The van der Waals surface area contributed by atoms with Gasteiger partial charge >= 0.3 is 115 Å². The molecule has 0 aliphatic rings. The molecule has 0 aliphatic carbocycles. The second-order valence-corrected chi connectivity index (χ2v) is 38.7. The van der Waals surface area contributed by atoms with Crippen molar-refractivity contribution in [2.45, 2.75) is 71.1 Å². The number of hydrogen-bond donors (Lipinski definition) is 0. The van der Waals surface area contributed by atoms with Crippen LogP contribution in [0.4, 0.5) is 0 Å². The summed E-state index contributed by atoms with van der Waals surface area (Å²) < 4.78 is 5.26. The van der Waals surface area contributed by atoms with Gasteiger partial charge in [-0.1, -0.05) is 0 Å². The summed E-state index contributed by atoms with van der Waals surface area (Å²) >= 11 is -1.04. The Balaban J connectivity index is 4.53. The molecule has 0 atom stereocenters. The molecule has 4 heteroatoms. The third-order valence-electron chi connectivity index (χ3n) is 2.34. The van der Waals surface area contributed by atoms with E-state index in [0.717, 1.165) is 0 Å². The van der Waals surface area contributed by atoms with Crippen LogP contribution in [0.25, 0.3) is 0 Å². The Morgan fingerprint density at radius 3 is 0.812 bits per heavy atom. The van der Waals surface area contributed by atoms with Gasteiger partial charge < -0.3 is 0 Å². The zero-order chi connectivity index (χ0) is 13.2. The Hall–Kier alpha value is 1.45. The summed E-state index contributed by atoms with van der Waals surface area (Å²) in [4.78, 5) is 0. The Morgan fingerprint density at radius 1 is 0.500 bits per heavy atom. The van der Waals surface area contributed by atoms with Crippen LogP contribution in [0.5, 0.6) is 0 Å². The van der Waals surface area contributed by atoms with Gasteiger partial charge in [0.25, 0.3) is 0 Å². The molecular formula is C12H33Si3Sn. The van der Waals surface area contributed by atoms with Crippen molar-refractivity contribution in [2.75, 3.05) is 0 Å². The molecule has 1 radical (unpaired) electrons. The Kier molecular flexibility index (Phi) is 6.61. The van der Waals surface area contributed by atoms with E-state index in [2.05, 4.69) is 58.9 Å². The van der Waals surface area contributed by atoms with Crippen molar-refractivity contribution in [2.24, 2.45) is 0 Å². The first kappa shape index (κ1) is 17.4. The van der Waals surface area contributed by atoms with Gasteiger partial charge in [-0.15, -0.1) is 0 Å². The summed E-state index contributed by atoms with van der Waals surface area (Å²) in [6.07, 6.45) is 0. The summed E-state index contributed by atoms with van der Waals surface area (Å²) in [5.41, 5.74) is 0. The molecule has 16 heavy (non-hydrogen) atoms. The summed E-state index contributed by atoms with van der Waals surface area (Å²) in [6, 6.07) is 0. The summed E-state index contributed by atoms with van der Waals surface area (Å²) in [6.45, 7) is 23.3.